The second-order valence-corrected chi connectivity index (χ2v) is 8.55. The van der Waals surface area contributed by atoms with Crippen LogP contribution in [0.5, 0.6) is 0 Å². The lowest BCUT2D eigenvalue weighted by Crippen LogP contribution is -2.46. The minimum absolute atomic E-state index is 0.117. The number of hydrogen-bond donors (Lipinski definition) is 2. The van der Waals surface area contributed by atoms with Gasteiger partial charge in [0.25, 0.3) is 5.91 Å². The summed E-state index contributed by atoms with van der Waals surface area (Å²) in [7, 11) is -3.57. The van der Waals surface area contributed by atoms with Crippen LogP contribution < -0.4 is 10.6 Å². The third-order valence-electron chi connectivity index (χ3n) is 4.76. The zero-order chi connectivity index (χ0) is 18.6. The molecule has 2 atom stereocenters. The second-order valence-electron chi connectivity index (χ2n) is 6.62. The minimum Gasteiger partial charge on any atom is -0.349 e. The fourth-order valence-corrected chi connectivity index (χ4v) is 4.73. The Morgan fingerprint density at radius 2 is 2.00 bits per heavy atom. The summed E-state index contributed by atoms with van der Waals surface area (Å²) in [5.74, 6) is -0.201. The Bertz CT molecular complexity index is 714. The van der Waals surface area contributed by atoms with Gasteiger partial charge in [-0.15, -0.1) is 0 Å². The van der Waals surface area contributed by atoms with Crippen LogP contribution in [0.1, 0.15) is 49.5 Å². The van der Waals surface area contributed by atoms with Crippen molar-refractivity contribution in [2.45, 2.75) is 57.5 Å². The van der Waals surface area contributed by atoms with Crippen LogP contribution in [0.2, 0.25) is 0 Å². The van der Waals surface area contributed by atoms with Gasteiger partial charge in [-0.2, -0.15) is 4.31 Å². The van der Waals surface area contributed by atoms with Gasteiger partial charge in [0, 0.05) is 30.7 Å². The van der Waals surface area contributed by atoms with Crippen molar-refractivity contribution < 1.29 is 13.2 Å². The maximum atomic E-state index is 12.7. The molecule has 25 heavy (non-hydrogen) atoms. The second kappa shape index (κ2) is 8.29. The highest BCUT2D eigenvalue weighted by Crippen LogP contribution is 2.20. The molecule has 0 radical (unpaired) electrons. The van der Waals surface area contributed by atoms with Crippen LogP contribution in [0.25, 0.3) is 0 Å². The molecule has 140 valence electrons. The molecule has 2 rings (SSSR count). The van der Waals surface area contributed by atoms with E-state index in [0.29, 0.717) is 24.7 Å². The summed E-state index contributed by atoms with van der Waals surface area (Å²) in [6.45, 7) is 9.22. The summed E-state index contributed by atoms with van der Waals surface area (Å²) >= 11 is 0. The Morgan fingerprint density at radius 3 is 2.60 bits per heavy atom. The number of hydrogen-bond acceptors (Lipinski definition) is 4. The largest absolute Gasteiger partial charge is 0.349 e. The van der Waals surface area contributed by atoms with Crippen molar-refractivity contribution in [2.75, 3.05) is 19.6 Å². The van der Waals surface area contributed by atoms with Crippen LogP contribution in [0.4, 0.5) is 0 Å². The Balaban J connectivity index is 2.25. The van der Waals surface area contributed by atoms with E-state index in [4.69, 9.17) is 0 Å². The van der Waals surface area contributed by atoms with Crippen molar-refractivity contribution >= 4 is 15.9 Å². The molecular formula is C18H29N3O3S. The van der Waals surface area contributed by atoms with E-state index in [2.05, 4.69) is 17.6 Å². The summed E-state index contributed by atoms with van der Waals surface area (Å²) in [5, 5.41) is 6.41. The lowest BCUT2D eigenvalue weighted by Gasteiger charge is -2.29. The Hall–Kier alpha value is -1.44. The molecule has 1 saturated heterocycles. The lowest BCUT2D eigenvalue weighted by molar-refractivity contribution is 0.0925. The van der Waals surface area contributed by atoms with Gasteiger partial charge in [0.05, 0.1) is 4.90 Å². The predicted molar refractivity (Wildman–Crippen MR) is 99.2 cm³/mol. The van der Waals surface area contributed by atoms with Crippen LogP contribution in [-0.4, -0.2) is 50.3 Å². The lowest BCUT2D eigenvalue weighted by atomic mass is 9.99. The molecular weight excluding hydrogens is 338 g/mol. The number of amides is 1. The van der Waals surface area contributed by atoms with Crippen molar-refractivity contribution in [3.63, 3.8) is 0 Å². The van der Waals surface area contributed by atoms with E-state index in [1.807, 2.05) is 6.92 Å². The number of carbonyl (C=O) groups is 1. The zero-order valence-corrected chi connectivity index (χ0v) is 16.3. The topological polar surface area (TPSA) is 78.5 Å². The van der Waals surface area contributed by atoms with E-state index in [1.165, 1.54) is 10.4 Å². The molecule has 1 aliphatic heterocycles. The molecule has 1 fully saturated rings. The number of sulfonamides is 1. The van der Waals surface area contributed by atoms with E-state index >= 15 is 0 Å². The van der Waals surface area contributed by atoms with Crippen LogP contribution in [0.15, 0.2) is 23.1 Å². The van der Waals surface area contributed by atoms with Crippen molar-refractivity contribution in [2.24, 2.45) is 0 Å². The SMILES string of the molecule is CCN(CC)S(=O)(=O)c1ccc(C)c(C(=O)NC2CCNC(C)C2)c1. The molecule has 1 aromatic carbocycles. The quantitative estimate of drug-likeness (QED) is 0.805. The number of carbonyl (C=O) groups excluding carboxylic acids is 1. The third kappa shape index (κ3) is 4.59. The Kier molecular flexibility index (Phi) is 6.59. The molecule has 0 spiro atoms. The summed E-state index contributed by atoms with van der Waals surface area (Å²) in [5.41, 5.74) is 1.21. The van der Waals surface area contributed by atoms with Crippen molar-refractivity contribution in [1.29, 1.82) is 0 Å². The number of piperidine rings is 1. The average Bonchev–Trinajstić information content (AvgIpc) is 2.55. The maximum absolute atomic E-state index is 12.7. The molecule has 2 unspecified atom stereocenters. The molecule has 2 N–H and O–H groups in total. The maximum Gasteiger partial charge on any atom is 0.251 e. The molecule has 0 bridgehead atoms. The number of nitrogens with one attached hydrogen (secondary N) is 2. The summed E-state index contributed by atoms with van der Waals surface area (Å²) in [4.78, 5) is 12.9. The van der Waals surface area contributed by atoms with E-state index in [-0.39, 0.29) is 16.8 Å². The predicted octanol–water partition coefficient (Wildman–Crippen LogP) is 1.90. The third-order valence-corrected chi connectivity index (χ3v) is 6.80. The first-order valence-electron chi connectivity index (χ1n) is 8.94. The molecule has 0 aromatic heterocycles. The fourth-order valence-electron chi connectivity index (χ4n) is 3.24. The first kappa shape index (κ1) is 19.9. The normalized spacial score (nSPS) is 21.3. The smallest absolute Gasteiger partial charge is 0.251 e. The molecule has 7 heteroatoms. The molecule has 1 amide bonds. The van der Waals surface area contributed by atoms with Gasteiger partial charge in [-0.25, -0.2) is 8.42 Å². The number of rotatable bonds is 6. The molecule has 0 saturated carbocycles. The van der Waals surface area contributed by atoms with Crippen LogP contribution in [-0.2, 0) is 10.0 Å². The van der Waals surface area contributed by atoms with Crippen LogP contribution >= 0.6 is 0 Å². The zero-order valence-electron chi connectivity index (χ0n) is 15.5. The first-order chi connectivity index (χ1) is 11.8. The minimum atomic E-state index is -3.57. The van der Waals surface area contributed by atoms with Gasteiger partial charge < -0.3 is 10.6 Å². The van der Waals surface area contributed by atoms with Crippen molar-refractivity contribution in [3.05, 3.63) is 29.3 Å². The molecule has 6 nitrogen and oxygen atoms in total. The number of nitrogens with zero attached hydrogens (tertiary/aromatic N) is 1. The molecule has 0 aliphatic carbocycles. The van der Waals surface area contributed by atoms with Gasteiger partial charge in [-0.3, -0.25) is 4.79 Å². The highest BCUT2D eigenvalue weighted by Gasteiger charge is 2.25. The summed E-state index contributed by atoms with van der Waals surface area (Å²) in [6.07, 6.45) is 1.76. The Morgan fingerprint density at radius 1 is 1.32 bits per heavy atom. The average molecular weight is 368 g/mol. The van der Waals surface area contributed by atoms with Gasteiger partial charge in [-0.05, 0) is 50.9 Å². The van der Waals surface area contributed by atoms with Crippen LogP contribution in [0.3, 0.4) is 0 Å². The monoisotopic (exact) mass is 367 g/mol. The van der Waals surface area contributed by atoms with E-state index in [9.17, 15) is 13.2 Å². The Labute approximate surface area is 151 Å². The van der Waals surface area contributed by atoms with Gasteiger partial charge >= 0.3 is 0 Å². The summed E-state index contributed by atoms with van der Waals surface area (Å²) < 4.78 is 26.8. The van der Waals surface area contributed by atoms with Gasteiger partial charge in [0.1, 0.15) is 0 Å². The molecule has 1 heterocycles. The molecule has 1 aliphatic rings. The number of benzene rings is 1. The van der Waals surface area contributed by atoms with E-state index in [0.717, 1.165) is 24.9 Å². The van der Waals surface area contributed by atoms with E-state index < -0.39 is 10.0 Å². The number of aryl methyl sites for hydroxylation is 1. The van der Waals surface area contributed by atoms with Gasteiger partial charge in [-0.1, -0.05) is 19.9 Å². The highest BCUT2D eigenvalue weighted by atomic mass is 32.2. The van der Waals surface area contributed by atoms with Crippen molar-refractivity contribution in [3.8, 4) is 0 Å². The molecule has 1 aromatic rings. The fraction of sp³-hybridized carbons (Fsp3) is 0.611. The highest BCUT2D eigenvalue weighted by molar-refractivity contribution is 7.89. The first-order valence-corrected chi connectivity index (χ1v) is 10.4. The van der Waals surface area contributed by atoms with Crippen molar-refractivity contribution in [1.82, 2.24) is 14.9 Å². The standard InChI is InChI=1S/C18H29N3O3S/c1-5-21(6-2)25(23,24)16-8-7-13(3)17(12-16)18(22)20-15-9-10-19-14(4)11-15/h7-8,12,14-15,19H,5-6,9-11H2,1-4H3,(H,20,22). The van der Waals surface area contributed by atoms with Gasteiger partial charge in [0.15, 0.2) is 0 Å². The van der Waals surface area contributed by atoms with E-state index in [1.54, 1.807) is 26.0 Å². The van der Waals surface area contributed by atoms with Gasteiger partial charge in [0.2, 0.25) is 10.0 Å². The summed E-state index contributed by atoms with van der Waals surface area (Å²) in [6, 6.07) is 5.27. The van der Waals surface area contributed by atoms with Crippen LogP contribution in [0, 0.1) is 6.92 Å².